The van der Waals surface area contributed by atoms with Gasteiger partial charge in [0, 0.05) is 11.8 Å². The van der Waals surface area contributed by atoms with Crippen LogP contribution in [0.15, 0.2) is 27.3 Å². The smallest absolute Gasteiger partial charge is 0.322 e. The van der Waals surface area contributed by atoms with E-state index < -0.39 is 18.0 Å². The number of imide groups is 1. The minimum atomic E-state index is -0.790. The van der Waals surface area contributed by atoms with E-state index >= 15 is 0 Å². The molecule has 0 aromatic carbocycles. The van der Waals surface area contributed by atoms with E-state index in [1.165, 1.54) is 0 Å². The van der Waals surface area contributed by atoms with Crippen molar-refractivity contribution in [3.05, 3.63) is 29.2 Å². The second kappa shape index (κ2) is 3.47. The zero-order valence-electron chi connectivity index (χ0n) is 8.56. The van der Waals surface area contributed by atoms with E-state index in [2.05, 4.69) is 21.4 Å². The molecular formula is C11H7N3O3. The Hall–Kier alpha value is -2.59. The van der Waals surface area contributed by atoms with Gasteiger partial charge in [-0.15, -0.1) is 5.73 Å². The average molecular weight is 229 g/mol. The third kappa shape index (κ3) is 1.56. The molecule has 2 aliphatic rings. The number of nitrogens with one attached hydrogen (secondary N) is 2. The molecule has 3 rings (SSSR count). The molecule has 1 atom stereocenters. The number of allylic oxidation sites excluding steroid dienone is 1. The predicted octanol–water partition coefficient (Wildman–Crippen LogP) is 1.04. The summed E-state index contributed by atoms with van der Waals surface area (Å²) in [5, 5.41) is 4.60. The monoisotopic (exact) mass is 229 g/mol. The van der Waals surface area contributed by atoms with Crippen LogP contribution in [0.3, 0.4) is 0 Å². The van der Waals surface area contributed by atoms with Crippen molar-refractivity contribution in [1.82, 2.24) is 10.6 Å². The molecule has 17 heavy (non-hydrogen) atoms. The van der Waals surface area contributed by atoms with Crippen LogP contribution in [0.2, 0.25) is 0 Å². The lowest BCUT2D eigenvalue weighted by Crippen LogP contribution is -2.22. The third-order valence-electron chi connectivity index (χ3n) is 2.42. The summed E-state index contributed by atoms with van der Waals surface area (Å²) in [6.07, 6.45) is 4.90. The van der Waals surface area contributed by atoms with E-state index in [9.17, 15) is 9.59 Å². The number of hydrogen-bond acceptors (Lipinski definition) is 4. The van der Waals surface area contributed by atoms with Crippen LogP contribution in [-0.4, -0.2) is 18.2 Å². The van der Waals surface area contributed by atoms with Crippen LogP contribution in [-0.2, 0) is 4.79 Å². The third-order valence-corrected chi connectivity index (χ3v) is 2.42. The molecule has 1 aromatic rings. The molecule has 6 nitrogen and oxygen atoms in total. The second-order valence-electron chi connectivity index (χ2n) is 3.56. The molecule has 1 aromatic heterocycles. The predicted molar refractivity (Wildman–Crippen MR) is 58.8 cm³/mol. The Labute approximate surface area is 95.7 Å². The molecule has 0 bridgehead atoms. The Morgan fingerprint density at radius 3 is 3.06 bits per heavy atom. The van der Waals surface area contributed by atoms with Crippen molar-refractivity contribution < 1.29 is 14.0 Å². The number of rotatable bonds is 1. The summed E-state index contributed by atoms with van der Waals surface area (Å²) in [4.78, 5) is 26.5. The van der Waals surface area contributed by atoms with Crippen LogP contribution in [0.25, 0.3) is 6.08 Å². The molecule has 1 saturated heterocycles. The van der Waals surface area contributed by atoms with Crippen molar-refractivity contribution in [2.75, 3.05) is 0 Å². The van der Waals surface area contributed by atoms with E-state index in [-0.39, 0.29) is 0 Å². The number of aliphatic imine (C=N–C) groups is 1. The molecule has 1 unspecified atom stereocenters. The summed E-state index contributed by atoms with van der Waals surface area (Å²) in [7, 11) is 0. The maximum Gasteiger partial charge on any atom is 0.322 e. The van der Waals surface area contributed by atoms with Crippen LogP contribution in [0.5, 0.6) is 0 Å². The lowest BCUT2D eigenvalue weighted by Gasteiger charge is -2.01. The largest absolute Gasteiger partial charge is 0.440 e. The van der Waals surface area contributed by atoms with Crippen LogP contribution in [0, 0.1) is 0 Å². The van der Waals surface area contributed by atoms with Gasteiger partial charge < -0.3 is 9.73 Å². The SMILES string of the molecule is O=C1NC(=O)C(c2cc3c(o2)N=CC=C=C3)N1. The molecule has 1 fully saturated rings. The number of fused-ring (bicyclic) bond motifs is 1. The summed E-state index contributed by atoms with van der Waals surface area (Å²) < 4.78 is 5.42. The van der Waals surface area contributed by atoms with Crippen molar-refractivity contribution in [3.8, 4) is 0 Å². The number of carbonyl (C=O) groups excluding carboxylic acids is 2. The van der Waals surface area contributed by atoms with Gasteiger partial charge in [-0.3, -0.25) is 10.1 Å². The highest BCUT2D eigenvalue weighted by molar-refractivity contribution is 6.04. The minimum Gasteiger partial charge on any atom is -0.440 e. The number of hydrogen-bond donors (Lipinski definition) is 2. The molecule has 0 aliphatic carbocycles. The lowest BCUT2D eigenvalue weighted by molar-refractivity contribution is -0.120. The minimum absolute atomic E-state index is 0.357. The highest BCUT2D eigenvalue weighted by atomic mass is 16.4. The van der Waals surface area contributed by atoms with Gasteiger partial charge in [-0.25, -0.2) is 9.79 Å². The molecule has 84 valence electrons. The lowest BCUT2D eigenvalue weighted by atomic mass is 10.2. The van der Waals surface area contributed by atoms with Gasteiger partial charge in [-0.05, 0) is 18.2 Å². The van der Waals surface area contributed by atoms with Gasteiger partial charge in [0.05, 0.1) is 0 Å². The van der Waals surface area contributed by atoms with Crippen molar-refractivity contribution in [3.63, 3.8) is 0 Å². The van der Waals surface area contributed by atoms with E-state index in [0.717, 1.165) is 5.56 Å². The average Bonchev–Trinajstić information content (AvgIpc) is 2.76. The summed E-state index contributed by atoms with van der Waals surface area (Å²) in [6.45, 7) is 0. The van der Waals surface area contributed by atoms with Crippen LogP contribution in [0.4, 0.5) is 10.7 Å². The molecule has 0 saturated carbocycles. The van der Waals surface area contributed by atoms with Crippen molar-refractivity contribution >= 4 is 30.1 Å². The zero-order chi connectivity index (χ0) is 11.8. The van der Waals surface area contributed by atoms with Crippen molar-refractivity contribution in [1.29, 1.82) is 0 Å². The van der Waals surface area contributed by atoms with E-state index in [1.807, 2.05) is 0 Å². The fourth-order valence-electron chi connectivity index (χ4n) is 1.66. The maximum absolute atomic E-state index is 11.4. The summed E-state index contributed by atoms with van der Waals surface area (Å²) >= 11 is 0. The molecule has 3 amide bonds. The molecule has 3 heterocycles. The maximum atomic E-state index is 11.4. The second-order valence-corrected chi connectivity index (χ2v) is 3.56. The summed E-state index contributed by atoms with van der Waals surface area (Å²) in [6, 6.07) is 0.349. The molecule has 2 N–H and O–H groups in total. The first-order valence-electron chi connectivity index (χ1n) is 4.94. The number of furan rings is 1. The van der Waals surface area contributed by atoms with Gasteiger partial charge in [0.25, 0.3) is 5.91 Å². The quantitative estimate of drug-likeness (QED) is 0.557. The number of urea groups is 1. The van der Waals surface area contributed by atoms with Crippen LogP contribution < -0.4 is 10.6 Å². The zero-order valence-corrected chi connectivity index (χ0v) is 8.56. The highest BCUT2D eigenvalue weighted by Gasteiger charge is 2.34. The van der Waals surface area contributed by atoms with E-state index in [4.69, 9.17) is 4.42 Å². The van der Waals surface area contributed by atoms with Gasteiger partial charge in [-0.1, -0.05) is 0 Å². The summed E-state index contributed by atoms with van der Waals surface area (Å²) in [5.41, 5.74) is 3.60. The Balaban J connectivity index is 2.01. The fraction of sp³-hybridized carbons (Fsp3) is 0.0909. The number of nitrogens with zero attached hydrogens (tertiary/aromatic N) is 1. The molecule has 0 spiro atoms. The highest BCUT2D eigenvalue weighted by Crippen LogP contribution is 2.30. The topological polar surface area (TPSA) is 83.7 Å². The normalized spacial score (nSPS) is 21.1. The first kappa shape index (κ1) is 9.62. The van der Waals surface area contributed by atoms with Gasteiger partial charge >= 0.3 is 6.03 Å². The van der Waals surface area contributed by atoms with Gasteiger partial charge in [0.1, 0.15) is 5.76 Å². The van der Waals surface area contributed by atoms with Crippen LogP contribution >= 0.6 is 0 Å². The standard InChI is InChI=1S/C11H7N3O3/c15-9-8(13-11(16)14-9)7-5-6-3-1-2-4-12-10(6)17-7/h2-5,8H,(H2,13,14,15,16). The van der Waals surface area contributed by atoms with Gasteiger partial charge in [-0.2, -0.15) is 0 Å². The first-order valence-corrected chi connectivity index (χ1v) is 4.94. The van der Waals surface area contributed by atoms with Gasteiger partial charge in [0.15, 0.2) is 6.04 Å². The fourth-order valence-corrected chi connectivity index (χ4v) is 1.66. The Morgan fingerprint density at radius 1 is 1.41 bits per heavy atom. The van der Waals surface area contributed by atoms with Crippen molar-refractivity contribution in [2.24, 2.45) is 4.99 Å². The number of carbonyl (C=O) groups is 2. The number of amides is 3. The van der Waals surface area contributed by atoms with Gasteiger partial charge in [0.2, 0.25) is 5.88 Å². The Morgan fingerprint density at radius 2 is 2.29 bits per heavy atom. The molecular weight excluding hydrogens is 222 g/mol. The Bertz CT molecular complexity index is 605. The molecule has 6 heteroatoms. The first-order chi connectivity index (χ1) is 8.24. The van der Waals surface area contributed by atoms with E-state index in [1.54, 1.807) is 24.4 Å². The molecule has 0 radical (unpaired) electrons. The van der Waals surface area contributed by atoms with Crippen molar-refractivity contribution in [2.45, 2.75) is 6.04 Å². The Kier molecular flexibility index (Phi) is 1.96. The van der Waals surface area contributed by atoms with E-state index in [0.29, 0.717) is 11.6 Å². The summed E-state index contributed by atoms with van der Waals surface area (Å²) in [5.74, 6) is 0.327. The van der Waals surface area contributed by atoms with Crippen LogP contribution in [0.1, 0.15) is 17.4 Å². The molecule has 2 aliphatic heterocycles.